The standard InChI is InChI=1S/C26H29N3O5S/c1-18-13-19(2)15-22(14-18)29(17-26(30)28-27-20(3)21-9-7-6-8-10-21)35(31,32)23-11-12-24(33-4)25(16-23)34-5/h6-16H,17H2,1-5H3,(H,28,30)/b27-20-. The maximum Gasteiger partial charge on any atom is 0.264 e. The van der Waals surface area contributed by atoms with Crippen molar-refractivity contribution >= 4 is 27.3 Å². The molecular weight excluding hydrogens is 466 g/mol. The number of nitrogens with zero attached hydrogens (tertiary/aromatic N) is 2. The van der Waals surface area contributed by atoms with Crippen LogP contribution in [0.2, 0.25) is 0 Å². The molecule has 0 atom stereocenters. The lowest BCUT2D eigenvalue weighted by Crippen LogP contribution is -2.39. The third kappa shape index (κ3) is 6.19. The number of hydrazone groups is 1. The number of aryl methyl sites for hydroxylation is 2. The Morgan fingerprint density at radius 2 is 1.54 bits per heavy atom. The number of carbonyl (C=O) groups excluding carboxylic acids is 1. The van der Waals surface area contributed by atoms with Crippen LogP contribution in [0.3, 0.4) is 0 Å². The van der Waals surface area contributed by atoms with Gasteiger partial charge in [0.05, 0.1) is 30.5 Å². The predicted octanol–water partition coefficient (Wildman–Crippen LogP) is 4.06. The molecule has 35 heavy (non-hydrogen) atoms. The maximum absolute atomic E-state index is 13.7. The quantitative estimate of drug-likeness (QED) is 0.357. The molecule has 0 aliphatic carbocycles. The van der Waals surface area contributed by atoms with Crippen LogP contribution in [0.5, 0.6) is 11.5 Å². The van der Waals surface area contributed by atoms with Gasteiger partial charge in [-0.05, 0) is 61.7 Å². The van der Waals surface area contributed by atoms with Crippen molar-refractivity contribution in [2.75, 3.05) is 25.1 Å². The van der Waals surface area contributed by atoms with Crippen LogP contribution in [-0.2, 0) is 14.8 Å². The van der Waals surface area contributed by atoms with Gasteiger partial charge in [0.15, 0.2) is 11.5 Å². The summed E-state index contributed by atoms with van der Waals surface area (Å²) in [6, 6.07) is 19.0. The molecule has 1 amide bonds. The predicted molar refractivity (Wildman–Crippen MR) is 137 cm³/mol. The topological polar surface area (TPSA) is 97.3 Å². The van der Waals surface area contributed by atoms with E-state index in [1.807, 2.05) is 50.2 Å². The zero-order chi connectivity index (χ0) is 25.6. The molecular formula is C26H29N3O5S. The van der Waals surface area contributed by atoms with Crippen LogP contribution in [0.1, 0.15) is 23.6 Å². The normalized spacial score (nSPS) is 11.6. The molecule has 3 aromatic carbocycles. The fourth-order valence-electron chi connectivity index (χ4n) is 3.57. The highest BCUT2D eigenvalue weighted by molar-refractivity contribution is 7.92. The third-order valence-corrected chi connectivity index (χ3v) is 7.03. The molecule has 0 aliphatic rings. The first kappa shape index (κ1) is 25.8. The Balaban J connectivity index is 1.97. The zero-order valence-corrected chi connectivity index (χ0v) is 21.2. The van der Waals surface area contributed by atoms with E-state index in [4.69, 9.17) is 9.47 Å². The van der Waals surface area contributed by atoms with Gasteiger partial charge in [-0.2, -0.15) is 5.10 Å². The van der Waals surface area contributed by atoms with E-state index in [0.717, 1.165) is 21.0 Å². The van der Waals surface area contributed by atoms with Crippen LogP contribution in [0, 0.1) is 13.8 Å². The van der Waals surface area contributed by atoms with Crippen LogP contribution in [0.15, 0.2) is 76.7 Å². The minimum absolute atomic E-state index is 0.0360. The summed E-state index contributed by atoms with van der Waals surface area (Å²) in [7, 11) is -1.25. The minimum atomic E-state index is -4.14. The summed E-state index contributed by atoms with van der Waals surface area (Å²) in [5.41, 5.74) is 6.02. The fourth-order valence-corrected chi connectivity index (χ4v) is 4.99. The number of methoxy groups -OCH3 is 2. The number of amides is 1. The van der Waals surface area contributed by atoms with E-state index in [1.165, 1.54) is 32.4 Å². The number of rotatable bonds is 9. The van der Waals surface area contributed by atoms with Crippen LogP contribution in [0.25, 0.3) is 0 Å². The summed E-state index contributed by atoms with van der Waals surface area (Å²) in [6.07, 6.45) is 0. The fraction of sp³-hybridized carbons (Fsp3) is 0.231. The Morgan fingerprint density at radius 3 is 2.14 bits per heavy atom. The monoisotopic (exact) mass is 495 g/mol. The number of benzene rings is 3. The highest BCUT2D eigenvalue weighted by Gasteiger charge is 2.28. The Labute approximate surface area is 206 Å². The second-order valence-electron chi connectivity index (χ2n) is 7.97. The van der Waals surface area contributed by atoms with Gasteiger partial charge in [0.1, 0.15) is 6.54 Å². The average Bonchev–Trinajstić information content (AvgIpc) is 2.85. The molecule has 0 aliphatic heterocycles. The highest BCUT2D eigenvalue weighted by Crippen LogP contribution is 2.32. The SMILES string of the molecule is COc1ccc(S(=O)(=O)N(CC(=O)N/N=C(/C)c2ccccc2)c2cc(C)cc(C)c2)cc1OC. The van der Waals surface area contributed by atoms with Gasteiger partial charge in [0, 0.05) is 6.07 Å². The number of anilines is 1. The highest BCUT2D eigenvalue weighted by atomic mass is 32.2. The molecule has 0 radical (unpaired) electrons. The van der Waals surface area contributed by atoms with Gasteiger partial charge >= 0.3 is 0 Å². The molecule has 184 valence electrons. The molecule has 0 heterocycles. The number of hydrogen-bond acceptors (Lipinski definition) is 6. The van der Waals surface area contributed by atoms with E-state index >= 15 is 0 Å². The van der Waals surface area contributed by atoms with E-state index in [-0.39, 0.29) is 10.6 Å². The van der Waals surface area contributed by atoms with Gasteiger partial charge in [0.25, 0.3) is 15.9 Å². The molecule has 0 fully saturated rings. The lowest BCUT2D eigenvalue weighted by atomic mass is 10.1. The Bertz CT molecular complexity index is 1320. The van der Waals surface area contributed by atoms with Crippen molar-refractivity contribution in [3.8, 4) is 11.5 Å². The van der Waals surface area contributed by atoms with Gasteiger partial charge in [0.2, 0.25) is 0 Å². The summed E-state index contributed by atoms with van der Waals surface area (Å²) >= 11 is 0. The molecule has 9 heteroatoms. The first-order chi connectivity index (χ1) is 16.6. The molecule has 3 rings (SSSR count). The number of nitrogens with one attached hydrogen (secondary N) is 1. The van der Waals surface area contributed by atoms with E-state index in [0.29, 0.717) is 17.1 Å². The lowest BCUT2D eigenvalue weighted by molar-refractivity contribution is -0.119. The van der Waals surface area contributed by atoms with E-state index in [2.05, 4.69) is 10.5 Å². The third-order valence-electron chi connectivity index (χ3n) is 5.26. The average molecular weight is 496 g/mol. The zero-order valence-electron chi connectivity index (χ0n) is 20.4. The molecule has 3 aromatic rings. The maximum atomic E-state index is 13.7. The van der Waals surface area contributed by atoms with Crippen LogP contribution >= 0.6 is 0 Å². The smallest absolute Gasteiger partial charge is 0.264 e. The van der Waals surface area contributed by atoms with Gasteiger partial charge in [-0.3, -0.25) is 9.10 Å². The summed E-state index contributed by atoms with van der Waals surface area (Å²) in [5, 5.41) is 4.14. The van der Waals surface area contributed by atoms with Gasteiger partial charge in [-0.15, -0.1) is 0 Å². The molecule has 0 unspecified atom stereocenters. The Hall–Kier alpha value is -3.85. The molecule has 0 saturated heterocycles. The first-order valence-corrected chi connectivity index (χ1v) is 12.3. The molecule has 0 aromatic heterocycles. The minimum Gasteiger partial charge on any atom is -0.493 e. The Morgan fingerprint density at radius 1 is 0.914 bits per heavy atom. The van der Waals surface area contributed by atoms with E-state index < -0.39 is 22.5 Å². The number of carbonyl (C=O) groups is 1. The van der Waals surface area contributed by atoms with Crippen molar-refractivity contribution in [1.29, 1.82) is 0 Å². The number of sulfonamides is 1. The summed E-state index contributed by atoms with van der Waals surface area (Å²) in [4.78, 5) is 12.8. The molecule has 0 spiro atoms. The largest absolute Gasteiger partial charge is 0.493 e. The van der Waals surface area contributed by atoms with Crippen LogP contribution in [-0.4, -0.2) is 40.8 Å². The summed E-state index contributed by atoms with van der Waals surface area (Å²) in [5.74, 6) is 0.0813. The second-order valence-corrected chi connectivity index (χ2v) is 9.83. The van der Waals surface area contributed by atoms with Crippen LogP contribution in [0.4, 0.5) is 5.69 Å². The summed E-state index contributed by atoms with van der Waals surface area (Å²) < 4.78 is 39.0. The number of ether oxygens (including phenoxy) is 2. The van der Waals surface area contributed by atoms with Gasteiger partial charge in [-0.25, -0.2) is 13.8 Å². The molecule has 8 nitrogen and oxygen atoms in total. The van der Waals surface area contributed by atoms with Crippen LogP contribution < -0.4 is 19.2 Å². The molecule has 1 N–H and O–H groups in total. The van der Waals surface area contributed by atoms with Crippen molar-refractivity contribution in [2.24, 2.45) is 5.10 Å². The van der Waals surface area contributed by atoms with E-state index in [9.17, 15) is 13.2 Å². The van der Waals surface area contributed by atoms with Crippen molar-refractivity contribution in [1.82, 2.24) is 5.43 Å². The van der Waals surface area contributed by atoms with E-state index in [1.54, 1.807) is 19.1 Å². The van der Waals surface area contributed by atoms with Gasteiger partial charge < -0.3 is 9.47 Å². The number of hydrogen-bond donors (Lipinski definition) is 1. The first-order valence-electron chi connectivity index (χ1n) is 10.9. The Kier molecular flexibility index (Phi) is 8.14. The summed E-state index contributed by atoms with van der Waals surface area (Å²) in [6.45, 7) is 5.03. The molecule has 0 bridgehead atoms. The second kappa shape index (κ2) is 11.1. The van der Waals surface area contributed by atoms with Gasteiger partial charge in [-0.1, -0.05) is 36.4 Å². The van der Waals surface area contributed by atoms with Crippen molar-refractivity contribution in [3.05, 3.63) is 83.4 Å². The van der Waals surface area contributed by atoms with Crippen molar-refractivity contribution < 1.29 is 22.7 Å². The van der Waals surface area contributed by atoms with Crippen molar-refractivity contribution in [3.63, 3.8) is 0 Å². The van der Waals surface area contributed by atoms with Crippen molar-refractivity contribution in [2.45, 2.75) is 25.7 Å². The lowest BCUT2D eigenvalue weighted by Gasteiger charge is -2.25. The molecule has 0 saturated carbocycles.